The van der Waals surface area contributed by atoms with Gasteiger partial charge >= 0.3 is 0 Å². The summed E-state index contributed by atoms with van der Waals surface area (Å²) < 4.78 is 46.1. The van der Waals surface area contributed by atoms with Crippen molar-refractivity contribution >= 4 is 50.0 Å². The average molecular weight is 508 g/mol. The van der Waals surface area contributed by atoms with Gasteiger partial charge in [0.15, 0.2) is 0 Å². The molecule has 0 radical (unpaired) electrons. The minimum absolute atomic E-state index is 0.0130. The molecular weight excluding hydrogens is 492 g/mol. The zero-order valence-electron chi connectivity index (χ0n) is 17.3. The van der Waals surface area contributed by atoms with Crippen molar-refractivity contribution in [1.82, 2.24) is 14.5 Å². The third-order valence-corrected chi connectivity index (χ3v) is 5.89. The molecule has 0 fully saturated rings. The SMILES string of the molecule is COc1ccccc1-c1nn(-c2cc(F)c(C(=O)NS(C)(=O)=O)cc2Cl)c2ccc(Cl)cc12. The highest BCUT2D eigenvalue weighted by atomic mass is 35.5. The van der Waals surface area contributed by atoms with E-state index in [4.69, 9.17) is 27.9 Å². The molecule has 170 valence electrons. The van der Waals surface area contributed by atoms with E-state index in [1.54, 1.807) is 29.0 Å². The van der Waals surface area contributed by atoms with E-state index in [0.29, 0.717) is 32.9 Å². The number of amides is 1. The molecule has 3 aromatic carbocycles. The predicted molar refractivity (Wildman–Crippen MR) is 125 cm³/mol. The first-order chi connectivity index (χ1) is 15.6. The molecule has 0 unspecified atom stereocenters. The van der Waals surface area contributed by atoms with Crippen molar-refractivity contribution < 1.29 is 22.3 Å². The number of para-hydroxylation sites is 1. The molecule has 0 bridgehead atoms. The first-order valence-corrected chi connectivity index (χ1v) is 12.1. The van der Waals surface area contributed by atoms with Gasteiger partial charge in [-0.1, -0.05) is 35.3 Å². The highest BCUT2D eigenvalue weighted by molar-refractivity contribution is 7.89. The van der Waals surface area contributed by atoms with Gasteiger partial charge in [0.05, 0.1) is 35.2 Å². The van der Waals surface area contributed by atoms with Gasteiger partial charge in [-0.25, -0.2) is 22.2 Å². The van der Waals surface area contributed by atoms with Gasteiger partial charge < -0.3 is 4.74 Å². The molecule has 4 rings (SSSR count). The Bertz CT molecular complexity index is 1520. The number of rotatable bonds is 5. The van der Waals surface area contributed by atoms with Crippen LogP contribution >= 0.6 is 23.2 Å². The first-order valence-electron chi connectivity index (χ1n) is 9.42. The van der Waals surface area contributed by atoms with Crippen molar-refractivity contribution in [1.29, 1.82) is 0 Å². The lowest BCUT2D eigenvalue weighted by atomic mass is 10.1. The Labute approximate surface area is 198 Å². The Hall–Kier alpha value is -3.14. The zero-order chi connectivity index (χ0) is 23.9. The third kappa shape index (κ3) is 4.52. The van der Waals surface area contributed by atoms with E-state index in [0.717, 1.165) is 18.4 Å². The molecule has 4 aromatic rings. The number of sulfonamides is 1. The molecule has 0 spiro atoms. The number of methoxy groups -OCH3 is 1. The normalized spacial score (nSPS) is 11.5. The van der Waals surface area contributed by atoms with Crippen LogP contribution in [0.2, 0.25) is 10.0 Å². The van der Waals surface area contributed by atoms with E-state index in [1.807, 2.05) is 18.2 Å². The number of ether oxygens (including phenoxy) is 1. The molecule has 0 atom stereocenters. The lowest BCUT2D eigenvalue weighted by molar-refractivity contribution is 0.0978. The van der Waals surface area contributed by atoms with Gasteiger partial charge in [-0.3, -0.25) is 4.79 Å². The molecule has 1 heterocycles. The maximum Gasteiger partial charge on any atom is 0.267 e. The van der Waals surface area contributed by atoms with Crippen LogP contribution < -0.4 is 9.46 Å². The number of hydrogen-bond acceptors (Lipinski definition) is 5. The van der Waals surface area contributed by atoms with Crippen LogP contribution in [0.4, 0.5) is 4.39 Å². The number of hydrogen-bond donors (Lipinski definition) is 1. The summed E-state index contributed by atoms with van der Waals surface area (Å²) in [5.74, 6) is -1.52. The van der Waals surface area contributed by atoms with Crippen LogP contribution in [-0.2, 0) is 10.0 Å². The summed E-state index contributed by atoms with van der Waals surface area (Å²) in [7, 11) is -2.34. The fourth-order valence-corrected chi connectivity index (χ4v) is 4.27. The van der Waals surface area contributed by atoms with Gasteiger partial charge in [0, 0.05) is 22.0 Å². The van der Waals surface area contributed by atoms with E-state index in [1.165, 1.54) is 11.8 Å². The van der Waals surface area contributed by atoms with Crippen molar-refractivity contribution in [2.45, 2.75) is 0 Å². The number of nitrogens with one attached hydrogen (secondary N) is 1. The van der Waals surface area contributed by atoms with Crippen molar-refractivity contribution in [2.75, 3.05) is 13.4 Å². The van der Waals surface area contributed by atoms with E-state index in [-0.39, 0.29) is 10.7 Å². The molecule has 1 amide bonds. The third-order valence-electron chi connectivity index (χ3n) is 4.79. The van der Waals surface area contributed by atoms with Crippen molar-refractivity contribution in [3.63, 3.8) is 0 Å². The fourth-order valence-electron chi connectivity index (χ4n) is 3.41. The number of carbonyl (C=O) groups excluding carboxylic acids is 1. The van der Waals surface area contributed by atoms with Crippen molar-refractivity contribution in [2.24, 2.45) is 0 Å². The number of benzene rings is 3. The fraction of sp³-hybridized carbons (Fsp3) is 0.0909. The molecule has 0 aliphatic carbocycles. The highest BCUT2D eigenvalue weighted by Gasteiger charge is 2.22. The Morgan fingerprint density at radius 3 is 2.55 bits per heavy atom. The van der Waals surface area contributed by atoms with Crippen molar-refractivity contribution in [3.8, 4) is 22.7 Å². The Morgan fingerprint density at radius 1 is 1.12 bits per heavy atom. The number of nitrogens with zero attached hydrogens (tertiary/aromatic N) is 2. The molecule has 0 aliphatic rings. The summed E-state index contributed by atoms with van der Waals surface area (Å²) in [4.78, 5) is 12.2. The standard InChI is InChI=1S/C22H16Cl2FN3O4S/c1-32-20-6-4-3-5-13(20)21-15-9-12(23)7-8-18(15)28(26-21)19-11-17(25)14(10-16(19)24)22(29)27-33(2,30)31/h3-11H,1-2H3,(H,27,29). The van der Waals surface area contributed by atoms with Crippen LogP contribution in [0.1, 0.15) is 10.4 Å². The van der Waals surface area contributed by atoms with E-state index in [9.17, 15) is 17.6 Å². The lowest BCUT2D eigenvalue weighted by Gasteiger charge is -2.10. The highest BCUT2D eigenvalue weighted by Crippen LogP contribution is 2.37. The van der Waals surface area contributed by atoms with Crippen LogP contribution in [0.15, 0.2) is 54.6 Å². The Morgan fingerprint density at radius 2 is 1.85 bits per heavy atom. The van der Waals surface area contributed by atoms with Gasteiger partial charge in [-0.05, 0) is 36.4 Å². The van der Waals surface area contributed by atoms with Crippen LogP contribution in [-0.4, -0.2) is 37.5 Å². The molecule has 7 nitrogen and oxygen atoms in total. The summed E-state index contributed by atoms with van der Waals surface area (Å²) in [5, 5.41) is 5.78. The topological polar surface area (TPSA) is 90.3 Å². The number of fused-ring (bicyclic) bond motifs is 1. The van der Waals surface area contributed by atoms with Crippen LogP contribution in [0.5, 0.6) is 5.75 Å². The second kappa shape index (κ2) is 8.66. The van der Waals surface area contributed by atoms with Crippen LogP contribution in [0.3, 0.4) is 0 Å². The molecule has 0 aliphatic heterocycles. The molecule has 33 heavy (non-hydrogen) atoms. The second-order valence-electron chi connectivity index (χ2n) is 7.11. The molecule has 1 aromatic heterocycles. The molecule has 1 N–H and O–H groups in total. The summed E-state index contributed by atoms with van der Waals surface area (Å²) >= 11 is 12.6. The first kappa shape index (κ1) is 23.0. The van der Waals surface area contributed by atoms with E-state index < -0.39 is 27.3 Å². The number of halogens is 3. The van der Waals surface area contributed by atoms with Gasteiger partial charge in [0.1, 0.15) is 17.3 Å². The van der Waals surface area contributed by atoms with Crippen LogP contribution in [0.25, 0.3) is 27.8 Å². The Kier molecular flexibility index (Phi) is 6.04. The van der Waals surface area contributed by atoms with Crippen LogP contribution in [0, 0.1) is 5.82 Å². The largest absolute Gasteiger partial charge is 0.496 e. The monoisotopic (exact) mass is 507 g/mol. The summed E-state index contributed by atoms with van der Waals surface area (Å²) in [6.45, 7) is 0. The Balaban J connectivity index is 1.93. The molecule has 0 saturated carbocycles. The molecule has 11 heteroatoms. The average Bonchev–Trinajstić information content (AvgIpc) is 3.12. The molecular formula is C22H16Cl2FN3O4S. The smallest absolute Gasteiger partial charge is 0.267 e. The lowest BCUT2D eigenvalue weighted by Crippen LogP contribution is -2.30. The van der Waals surface area contributed by atoms with Gasteiger partial charge in [-0.2, -0.15) is 5.10 Å². The second-order valence-corrected chi connectivity index (χ2v) is 9.70. The van der Waals surface area contributed by atoms with Gasteiger partial charge in [0.25, 0.3) is 5.91 Å². The number of aromatic nitrogens is 2. The van der Waals surface area contributed by atoms with Crippen molar-refractivity contribution in [3.05, 3.63) is 76.0 Å². The van der Waals surface area contributed by atoms with E-state index >= 15 is 0 Å². The quantitative estimate of drug-likeness (QED) is 0.417. The number of carbonyl (C=O) groups is 1. The molecule has 0 saturated heterocycles. The maximum atomic E-state index is 14.9. The summed E-state index contributed by atoms with van der Waals surface area (Å²) in [5.41, 5.74) is 1.43. The van der Waals surface area contributed by atoms with Gasteiger partial charge in [0.2, 0.25) is 10.0 Å². The summed E-state index contributed by atoms with van der Waals surface area (Å²) in [6, 6.07) is 14.4. The van der Waals surface area contributed by atoms with E-state index in [2.05, 4.69) is 5.10 Å². The predicted octanol–water partition coefficient (Wildman–Crippen LogP) is 4.84. The summed E-state index contributed by atoms with van der Waals surface area (Å²) in [6.07, 6.45) is 0.791. The van der Waals surface area contributed by atoms with Gasteiger partial charge in [-0.15, -0.1) is 0 Å². The maximum absolute atomic E-state index is 14.9. The zero-order valence-corrected chi connectivity index (χ0v) is 19.6. The minimum atomic E-state index is -3.88. The minimum Gasteiger partial charge on any atom is -0.496 e.